The average molecular weight is 470 g/mol. The zero-order chi connectivity index (χ0) is 23.3. The molecule has 0 radical (unpaired) electrons. The van der Waals surface area contributed by atoms with E-state index in [2.05, 4.69) is 70.7 Å². The minimum Gasteiger partial charge on any atom is -0.448 e. The van der Waals surface area contributed by atoms with Crippen LogP contribution in [0.25, 0.3) is 11.3 Å². The molecule has 5 rings (SSSR count). The molecule has 3 aromatic carbocycles. The number of benzene rings is 3. The minimum atomic E-state index is -0.392. The first kappa shape index (κ1) is 22.2. The molecule has 0 saturated heterocycles. The molecule has 4 aromatic rings. The predicted molar refractivity (Wildman–Crippen MR) is 138 cm³/mol. The van der Waals surface area contributed by atoms with Gasteiger partial charge in [0.05, 0.1) is 0 Å². The summed E-state index contributed by atoms with van der Waals surface area (Å²) in [7, 11) is 0. The largest absolute Gasteiger partial charge is 0.448 e. The van der Waals surface area contributed by atoms with Crippen molar-refractivity contribution in [2.75, 3.05) is 23.3 Å². The molecule has 0 unspecified atom stereocenters. The van der Waals surface area contributed by atoms with E-state index in [0.29, 0.717) is 16.7 Å². The van der Waals surface area contributed by atoms with Crippen molar-refractivity contribution in [1.82, 2.24) is 15.2 Å². The maximum absolute atomic E-state index is 6.42. The Balaban J connectivity index is 1.45. The second kappa shape index (κ2) is 10.1. The SMILES string of the molecule is CCN(CC)c1ccc([C@@H]2Nc3ccccc3-c3nnc(SCc4ccccc4)nc3O2)cc1. The van der Waals surface area contributed by atoms with Crippen LogP contribution in [0.1, 0.15) is 31.2 Å². The van der Waals surface area contributed by atoms with Gasteiger partial charge < -0.3 is 15.0 Å². The Bertz CT molecular complexity index is 1250. The summed E-state index contributed by atoms with van der Waals surface area (Å²) in [4.78, 5) is 7.08. The number of rotatable bonds is 7. The van der Waals surface area contributed by atoms with Crippen LogP contribution in [0.3, 0.4) is 0 Å². The Kier molecular flexibility index (Phi) is 6.62. The topological polar surface area (TPSA) is 63.2 Å². The summed E-state index contributed by atoms with van der Waals surface area (Å²) in [5, 5.41) is 13.0. The van der Waals surface area contributed by atoms with Gasteiger partial charge in [-0.1, -0.05) is 72.4 Å². The first-order valence-electron chi connectivity index (χ1n) is 11.5. The molecule has 1 N–H and O–H groups in total. The Morgan fingerprint density at radius 2 is 1.62 bits per heavy atom. The van der Waals surface area contributed by atoms with Gasteiger partial charge in [-0.25, -0.2) is 0 Å². The number of fused-ring (bicyclic) bond motifs is 3. The quantitative estimate of drug-likeness (QED) is 0.324. The maximum Gasteiger partial charge on any atom is 0.247 e. The summed E-state index contributed by atoms with van der Waals surface area (Å²) in [6.07, 6.45) is -0.392. The van der Waals surface area contributed by atoms with E-state index in [4.69, 9.17) is 9.72 Å². The smallest absolute Gasteiger partial charge is 0.247 e. The highest BCUT2D eigenvalue weighted by Gasteiger charge is 2.26. The Morgan fingerprint density at radius 1 is 0.882 bits per heavy atom. The first-order valence-corrected chi connectivity index (χ1v) is 12.5. The second-order valence-electron chi connectivity index (χ2n) is 7.97. The van der Waals surface area contributed by atoms with Crippen molar-refractivity contribution in [3.63, 3.8) is 0 Å². The Morgan fingerprint density at radius 3 is 2.38 bits per heavy atom. The van der Waals surface area contributed by atoms with Crippen LogP contribution in [-0.2, 0) is 5.75 Å². The average Bonchev–Trinajstić information content (AvgIpc) is 3.06. The van der Waals surface area contributed by atoms with Gasteiger partial charge in [-0.05, 0) is 37.6 Å². The summed E-state index contributed by atoms with van der Waals surface area (Å²) >= 11 is 1.55. The van der Waals surface area contributed by atoms with E-state index < -0.39 is 6.23 Å². The number of nitrogens with one attached hydrogen (secondary N) is 1. The lowest BCUT2D eigenvalue weighted by Gasteiger charge is -2.23. The van der Waals surface area contributed by atoms with Crippen molar-refractivity contribution in [3.8, 4) is 17.1 Å². The van der Waals surface area contributed by atoms with Gasteiger partial charge in [-0.2, -0.15) is 4.98 Å². The van der Waals surface area contributed by atoms with Gasteiger partial charge in [-0.15, -0.1) is 10.2 Å². The summed E-state index contributed by atoms with van der Waals surface area (Å²) in [5.74, 6) is 1.26. The third kappa shape index (κ3) is 4.70. The fraction of sp³-hybridized carbons (Fsp3) is 0.222. The molecule has 1 aromatic heterocycles. The number of anilines is 2. The van der Waals surface area contributed by atoms with Crippen LogP contribution < -0.4 is 15.0 Å². The number of ether oxygens (including phenoxy) is 1. The lowest BCUT2D eigenvalue weighted by molar-refractivity contribution is 0.225. The van der Waals surface area contributed by atoms with E-state index in [0.717, 1.165) is 35.7 Å². The molecule has 6 nitrogen and oxygen atoms in total. The number of para-hydroxylation sites is 1. The lowest BCUT2D eigenvalue weighted by atomic mass is 10.1. The van der Waals surface area contributed by atoms with Gasteiger partial charge in [0.15, 0.2) is 11.9 Å². The van der Waals surface area contributed by atoms with Crippen molar-refractivity contribution in [2.45, 2.75) is 31.0 Å². The van der Waals surface area contributed by atoms with Crippen LogP contribution >= 0.6 is 11.8 Å². The Labute approximate surface area is 204 Å². The number of nitrogens with zero attached hydrogens (tertiary/aromatic N) is 4. The van der Waals surface area contributed by atoms with E-state index in [9.17, 15) is 0 Å². The van der Waals surface area contributed by atoms with Crippen LogP contribution in [0.15, 0.2) is 84.0 Å². The fourth-order valence-electron chi connectivity index (χ4n) is 4.03. The molecule has 0 aliphatic carbocycles. The fourth-order valence-corrected chi connectivity index (χ4v) is 4.76. The molecular formula is C27H27N5OS. The van der Waals surface area contributed by atoms with Crippen molar-refractivity contribution in [1.29, 1.82) is 0 Å². The monoisotopic (exact) mass is 469 g/mol. The summed E-state index contributed by atoms with van der Waals surface area (Å²) < 4.78 is 6.42. The lowest BCUT2D eigenvalue weighted by Crippen LogP contribution is -2.22. The molecule has 1 atom stereocenters. The predicted octanol–water partition coefficient (Wildman–Crippen LogP) is 6.18. The van der Waals surface area contributed by atoms with Crippen LogP contribution in [0.2, 0.25) is 0 Å². The van der Waals surface area contributed by atoms with Crippen LogP contribution in [-0.4, -0.2) is 28.3 Å². The molecule has 0 fully saturated rings. The minimum absolute atomic E-state index is 0.392. The molecule has 0 bridgehead atoms. The molecular weight excluding hydrogens is 442 g/mol. The van der Waals surface area contributed by atoms with Gasteiger partial charge in [0, 0.05) is 41.3 Å². The van der Waals surface area contributed by atoms with Crippen LogP contribution in [0.5, 0.6) is 5.88 Å². The normalized spacial score (nSPS) is 14.2. The van der Waals surface area contributed by atoms with Gasteiger partial charge >= 0.3 is 0 Å². The second-order valence-corrected chi connectivity index (χ2v) is 8.92. The van der Waals surface area contributed by atoms with Crippen molar-refractivity contribution in [2.24, 2.45) is 0 Å². The van der Waals surface area contributed by atoms with Gasteiger partial charge in [-0.3, -0.25) is 0 Å². The van der Waals surface area contributed by atoms with E-state index in [-0.39, 0.29) is 0 Å². The van der Waals surface area contributed by atoms with E-state index in [1.54, 1.807) is 11.8 Å². The third-order valence-corrected chi connectivity index (χ3v) is 6.78. The molecule has 7 heteroatoms. The summed E-state index contributed by atoms with van der Waals surface area (Å²) in [6, 6.07) is 26.8. The zero-order valence-corrected chi connectivity index (χ0v) is 20.1. The molecule has 0 spiro atoms. The van der Waals surface area contributed by atoms with E-state index in [1.807, 2.05) is 42.5 Å². The summed E-state index contributed by atoms with van der Waals surface area (Å²) in [5.41, 5.74) is 5.96. The van der Waals surface area contributed by atoms with Crippen LogP contribution in [0.4, 0.5) is 11.4 Å². The standard InChI is InChI=1S/C27H27N5OS/c1-3-32(4-2)21-16-14-20(15-17-21)25-28-23-13-9-8-12-22(23)24-26(33-25)29-27(31-30-24)34-18-19-10-6-5-7-11-19/h5-17,25,28H,3-4,18H2,1-2H3/t25-/m1/s1. The van der Waals surface area contributed by atoms with Crippen molar-refractivity contribution < 1.29 is 4.74 Å². The molecule has 172 valence electrons. The van der Waals surface area contributed by atoms with Crippen molar-refractivity contribution in [3.05, 3.63) is 90.0 Å². The molecule has 0 saturated carbocycles. The summed E-state index contributed by atoms with van der Waals surface area (Å²) in [6.45, 7) is 6.28. The Hall–Kier alpha value is -3.58. The highest BCUT2D eigenvalue weighted by molar-refractivity contribution is 7.98. The molecule has 1 aliphatic rings. The first-order chi connectivity index (χ1) is 16.7. The van der Waals surface area contributed by atoms with Gasteiger partial charge in [0.1, 0.15) is 0 Å². The van der Waals surface area contributed by atoms with Gasteiger partial charge in [0.2, 0.25) is 11.0 Å². The highest BCUT2D eigenvalue weighted by Crippen LogP contribution is 2.39. The van der Waals surface area contributed by atoms with Gasteiger partial charge in [0.25, 0.3) is 0 Å². The third-order valence-electron chi connectivity index (χ3n) is 5.87. The molecule has 0 amide bonds. The molecule has 2 heterocycles. The molecule has 34 heavy (non-hydrogen) atoms. The van der Waals surface area contributed by atoms with Crippen molar-refractivity contribution >= 4 is 23.1 Å². The highest BCUT2D eigenvalue weighted by atomic mass is 32.2. The zero-order valence-electron chi connectivity index (χ0n) is 19.3. The number of thioether (sulfide) groups is 1. The van der Waals surface area contributed by atoms with E-state index in [1.165, 1.54) is 11.3 Å². The number of hydrogen-bond donors (Lipinski definition) is 1. The van der Waals surface area contributed by atoms with E-state index >= 15 is 0 Å². The number of aromatic nitrogens is 3. The molecule has 1 aliphatic heterocycles. The maximum atomic E-state index is 6.42. The van der Waals surface area contributed by atoms with Crippen LogP contribution in [0, 0.1) is 0 Å². The number of hydrogen-bond acceptors (Lipinski definition) is 7.